The predicted octanol–water partition coefficient (Wildman–Crippen LogP) is 4.26. The van der Waals surface area contributed by atoms with Crippen molar-refractivity contribution in [3.05, 3.63) is 54.0 Å². The lowest BCUT2D eigenvalue weighted by Crippen LogP contribution is -2.39. The molecule has 26 heavy (non-hydrogen) atoms. The topological polar surface area (TPSA) is 42.4 Å². The number of piperidine rings is 1. The van der Waals surface area contributed by atoms with Crippen LogP contribution >= 0.6 is 11.8 Å². The molecule has 0 aliphatic carbocycles. The van der Waals surface area contributed by atoms with Crippen LogP contribution in [0.25, 0.3) is 0 Å². The van der Waals surface area contributed by atoms with Gasteiger partial charge in [0.25, 0.3) is 5.91 Å². The summed E-state index contributed by atoms with van der Waals surface area (Å²) in [6.45, 7) is 2.15. The quantitative estimate of drug-likeness (QED) is 0.709. The number of aromatic nitrogens is 1. The molecule has 0 saturated carbocycles. The zero-order valence-electron chi connectivity index (χ0n) is 14.9. The van der Waals surface area contributed by atoms with Crippen LogP contribution in [-0.2, 0) is 0 Å². The second-order valence-electron chi connectivity index (χ2n) is 6.39. The summed E-state index contributed by atoms with van der Waals surface area (Å²) >= 11 is 1.50. The van der Waals surface area contributed by atoms with Crippen molar-refractivity contribution in [1.82, 2.24) is 9.88 Å². The van der Waals surface area contributed by atoms with Crippen molar-refractivity contribution in [3.8, 4) is 5.75 Å². The van der Waals surface area contributed by atoms with Crippen LogP contribution in [0.3, 0.4) is 0 Å². The summed E-state index contributed by atoms with van der Waals surface area (Å²) in [4.78, 5) is 18.9. The lowest BCUT2D eigenvalue weighted by Gasteiger charge is -2.32. The number of likely N-dealkylation sites (tertiary alicyclic amines) is 1. The number of nitrogens with zero attached hydrogens (tertiary/aromatic N) is 2. The van der Waals surface area contributed by atoms with E-state index < -0.39 is 0 Å². The summed E-state index contributed by atoms with van der Waals surface area (Å²) in [6.07, 6.45) is 6.56. The largest absolute Gasteiger partial charge is 0.494 e. The number of benzene rings is 1. The smallest absolute Gasteiger partial charge is 0.256 e. The molecule has 0 N–H and O–H groups in total. The Hall–Kier alpha value is -2.08. The van der Waals surface area contributed by atoms with Crippen LogP contribution in [0.2, 0.25) is 0 Å². The summed E-state index contributed by atoms with van der Waals surface area (Å²) in [7, 11) is 0. The Morgan fingerprint density at radius 3 is 2.69 bits per heavy atom. The van der Waals surface area contributed by atoms with Gasteiger partial charge in [0, 0.05) is 19.3 Å². The fourth-order valence-corrected chi connectivity index (χ4v) is 3.73. The highest BCUT2D eigenvalue weighted by molar-refractivity contribution is 7.98. The Balaban J connectivity index is 1.45. The molecule has 0 spiro atoms. The number of thioether (sulfide) groups is 1. The second-order valence-corrected chi connectivity index (χ2v) is 7.18. The van der Waals surface area contributed by atoms with Gasteiger partial charge in [-0.15, -0.1) is 11.8 Å². The molecule has 1 aliphatic rings. The van der Waals surface area contributed by atoms with E-state index in [-0.39, 0.29) is 11.7 Å². The molecule has 1 amide bonds. The van der Waals surface area contributed by atoms with Crippen molar-refractivity contribution >= 4 is 17.7 Å². The highest BCUT2D eigenvalue weighted by Crippen LogP contribution is 2.25. The van der Waals surface area contributed by atoms with Crippen LogP contribution < -0.4 is 4.74 Å². The Labute approximate surface area is 157 Å². The van der Waals surface area contributed by atoms with Gasteiger partial charge in [-0.3, -0.25) is 4.79 Å². The molecular formula is C20H23FN2O2S. The lowest BCUT2D eigenvalue weighted by atomic mass is 9.93. The fraction of sp³-hybridized carbons (Fsp3) is 0.400. The van der Waals surface area contributed by atoms with Gasteiger partial charge in [-0.05, 0) is 67.8 Å². The van der Waals surface area contributed by atoms with E-state index >= 15 is 0 Å². The van der Waals surface area contributed by atoms with E-state index in [0.29, 0.717) is 23.8 Å². The van der Waals surface area contributed by atoms with Crippen LogP contribution in [0.1, 0.15) is 29.6 Å². The standard InChI is InChI=1S/C20H23FN2O2S/c1-26-19-18(3-2-11-22-19)20(24)23-12-8-15(9-13-23)10-14-25-17-6-4-16(21)5-7-17/h2-7,11,15H,8-10,12-14H2,1H3. The Bertz CT molecular complexity index is 731. The minimum atomic E-state index is -0.257. The molecule has 3 rings (SSSR count). The number of hydrogen-bond acceptors (Lipinski definition) is 4. The fourth-order valence-electron chi connectivity index (χ4n) is 3.19. The number of pyridine rings is 1. The van der Waals surface area contributed by atoms with Crippen LogP contribution in [0.15, 0.2) is 47.6 Å². The van der Waals surface area contributed by atoms with E-state index in [2.05, 4.69) is 4.98 Å². The molecule has 1 saturated heterocycles. The van der Waals surface area contributed by atoms with E-state index in [1.165, 1.54) is 23.9 Å². The molecule has 2 aromatic rings. The molecule has 4 nitrogen and oxygen atoms in total. The number of rotatable bonds is 6. The van der Waals surface area contributed by atoms with Gasteiger partial charge in [-0.2, -0.15) is 0 Å². The third-order valence-corrected chi connectivity index (χ3v) is 5.42. The third kappa shape index (κ3) is 4.75. The molecule has 6 heteroatoms. The van der Waals surface area contributed by atoms with Crippen molar-refractivity contribution in [2.45, 2.75) is 24.3 Å². The third-order valence-electron chi connectivity index (χ3n) is 4.71. The summed E-state index contributed by atoms with van der Waals surface area (Å²) < 4.78 is 18.6. The van der Waals surface area contributed by atoms with Crippen molar-refractivity contribution < 1.29 is 13.9 Å². The molecule has 0 atom stereocenters. The van der Waals surface area contributed by atoms with E-state index in [1.807, 2.05) is 23.3 Å². The maximum atomic E-state index is 12.9. The molecule has 138 valence electrons. The van der Waals surface area contributed by atoms with Gasteiger partial charge >= 0.3 is 0 Å². The van der Waals surface area contributed by atoms with Crippen LogP contribution in [0.5, 0.6) is 5.75 Å². The molecule has 0 unspecified atom stereocenters. The van der Waals surface area contributed by atoms with E-state index in [0.717, 1.165) is 37.4 Å². The predicted molar refractivity (Wildman–Crippen MR) is 101 cm³/mol. The van der Waals surface area contributed by atoms with E-state index in [9.17, 15) is 9.18 Å². The van der Waals surface area contributed by atoms with E-state index in [1.54, 1.807) is 18.3 Å². The van der Waals surface area contributed by atoms with Gasteiger partial charge in [0.15, 0.2) is 0 Å². The van der Waals surface area contributed by atoms with Gasteiger partial charge in [0.05, 0.1) is 12.2 Å². The SMILES string of the molecule is CSc1ncccc1C(=O)N1CCC(CCOc2ccc(F)cc2)CC1. The number of ether oxygens (including phenoxy) is 1. The Morgan fingerprint density at radius 2 is 2.00 bits per heavy atom. The van der Waals surface area contributed by atoms with Crippen molar-refractivity contribution in [2.75, 3.05) is 26.0 Å². The molecule has 1 fully saturated rings. The van der Waals surface area contributed by atoms with Crippen molar-refractivity contribution in [3.63, 3.8) is 0 Å². The normalized spacial score (nSPS) is 15.1. The zero-order valence-corrected chi connectivity index (χ0v) is 15.7. The maximum absolute atomic E-state index is 12.9. The minimum absolute atomic E-state index is 0.0727. The number of hydrogen-bond donors (Lipinski definition) is 0. The monoisotopic (exact) mass is 374 g/mol. The summed E-state index contributed by atoms with van der Waals surface area (Å²) in [5, 5.41) is 0.785. The van der Waals surface area contributed by atoms with E-state index in [4.69, 9.17) is 4.74 Å². The average Bonchev–Trinajstić information content (AvgIpc) is 2.69. The first-order valence-corrected chi connectivity index (χ1v) is 10.1. The lowest BCUT2D eigenvalue weighted by molar-refractivity contribution is 0.0675. The second kappa shape index (κ2) is 9.03. The Kier molecular flexibility index (Phi) is 6.50. The highest BCUT2D eigenvalue weighted by atomic mass is 32.2. The van der Waals surface area contributed by atoms with Crippen LogP contribution in [-0.4, -0.2) is 41.7 Å². The summed E-state index contributed by atoms with van der Waals surface area (Å²) in [6, 6.07) is 9.76. The molecular weight excluding hydrogens is 351 g/mol. The molecule has 1 aromatic heterocycles. The van der Waals surface area contributed by atoms with Crippen LogP contribution in [0, 0.1) is 11.7 Å². The van der Waals surface area contributed by atoms with Gasteiger partial charge < -0.3 is 9.64 Å². The minimum Gasteiger partial charge on any atom is -0.494 e. The number of halogens is 1. The zero-order chi connectivity index (χ0) is 18.4. The molecule has 0 radical (unpaired) electrons. The van der Waals surface area contributed by atoms with Gasteiger partial charge in [0.1, 0.15) is 16.6 Å². The molecule has 1 aliphatic heterocycles. The Morgan fingerprint density at radius 1 is 1.27 bits per heavy atom. The number of amides is 1. The summed E-state index contributed by atoms with van der Waals surface area (Å²) in [5.41, 5.74) is 0.693. The van der Waals surface area contributed by atoms with Gasteiger partial charge in [0.2, 0.25) is 0 Å². The number of carbonyl (C=O) groups excluding carboxylic acids is 1. The van der Waals surface area contributed by atoms with Gasteiger partial charge in [-0.1, -0.05) is 0 Å². The highest BCUT2D eigenvalue weighted by Gasteiger charge is 2.25. The first-order valence-electron chi connectivity index (χ1n) is 8.84. The first kappa shape index (κ1) is 18.7. The molecule has 2 heterocycles. The summed E-state index contributed by atoms with van der Waals surface area (Å²) in [5.74, 6) is 1.06. The molecule has 0 bridgehead atoms. The number of carbonyl (C=O) groups is 1. The van der Waals surface area contributed by atoms with Gasteiger partial charge in [-0.25, -0.2) is 9.37 Å². The maximum Gasteiger partial charge on any atom is 0.256 e. The first-order chi connectivity index (χ1) is 12.7. The average molecular weight is 374 g/mol. The van der Waals surface area contributed by atoms with Crippen molar-refractivity contribution in [2.24, 2.45) is 5.92 Å². The molecule has 1 aromatic carbocycles. The van der Waals surface area contributed by atoms with Crippen LogP contribution in [0.4, 0.5) is 4.39 Å². The van der Waals surface area contributed by atoms with Crippen molar-refractivity contribution in [1.29, 1.82) is 0 Å².